The molecule has 1 nitrogen and oxygen atoms in total. The average molecular weight is 227 g/mol. The largest absolute Gasteiger partial charge is 0.296 e. The van der Waals surface area contributed by atoms with Gasteiger partial charge in [-0.25, -0.2) is 0 Å². The Morgan fingerprint density at radius 3 is 2.93 bits per heavy atom. The van der Waals surface area contributed by atoms with E-state index in [4.69, 9.17) is 0 Å². The van der Waals surface area contributed by atoms with Crippen LogP contribution in [0.2, 0.25) is 0 Å². The second-order valence-corrected chi connectivity index (χ2v) is 5.14. The minimum Gasteiger partial charge on any atom is -0.296 e. The Hall–Kier alpha value is 0.01000. The first-order chi connectivity index (χ1) is 6.90. The molecule has 0 unspecified atom stereocenters. The van der Waals surface area contributed by atoms with Crippen molar-refractivity contribution >= 4 is 24.0 Å². The van der Waals surface area contributed by atoms with Crippen molar-refractivity contribution in [3.63, 3.8) is 0 Å². The fourth-order valence-corrected chi connectivity index (χ4v) is 2.52. The zero-order chi connectivity index (χ0) is 9.80. The van der Waals surface area contributed by atoms with Crippen LogP contribution in [0.15, 0.2) is 16.8 Å². The average Bonchev–Trinajstić information content (AvgIpc) is 2.92. The lowest BCUT2D eigenvalue weighted by Gasteiger charge is -2.20. The number of nitrogens with zero attached hydrogens (tertiary/aromatic N) is 1. The molecule has 0 aromatic carbocycles. The summed E-state index contributed by atoms with van der Waals surface area (Å²) in [6.45, 7) is 2.35. The van der Waals surface area contributed by atoms with E-state index in [-0.39, 0.29) is 0 Å². The molecule has 0 amide bonds. The predicted octanol–water partition coefficient (Wildman–Crippen LogP) is 3.03. The Balaban J connectivity index is 1.84. The first-order valence-electron chi connectivity index (χ1n) is 5.26. The van der Waals surface area contributed by atoms with Crippen LogP contribution in [0.25, 0.3) is 0 Å². The maximum absolute atomic E-state index is 4.27. The van der Waals surface area contributed by atoms with Gasteiger partial charge in [0, 0.05) is 12.6 Å². The van der Waals surface area contributed by atoms with E-state index in [1.165, 1.54) is 31.4 Å². The zero-order valence-corrected chi connectivity index (χ0v) is 10.1. The highest BCUT2D eigenvalue weighted by Crippen LogP contribution is 2.28. The molecule has 3 heteroatoms. The topological polar surface area (TPSA) is 3.24 Å². The molecule has 0 N–H and O–H groups in total. The fraction of sp³-hybridized carbons (Fsp3) is 0.636. The van der Waals surface area contributed by atoms with Crippen LogP contribution >= 0.6 is 24.0 Å². The van der Waals surface area contributed by atoms with Gasteiger partial charge < -0.3 is 0 Å². The zero-order valence-electron chi connectivity index (χ0n) is 8.35. The number of thiophene rings is 1. The van der Waals surface area contributed by atoms with Crippen LogP contribution in [0.1, 0.15) is 24.8 Å². The number of hydrogen-bond donors (Lipinski definition) is 1. The molecule has 0 spiro atoms. The number of thiol groups is 1. The van der Waals surface area contributed by atoms with Crippen LogP contribution in [-0.2, 0) is 6.54 Å². The van der Waals surface area contributed by atoms with Gasteiger partial charge in [-0.3, -0.25) is 4.90 Å². The Bertz CT molecular complexity index is 254. The molecule has 1 aliphatic carbocycles. The summed E-state index contributed by atoms with van der Waals surface area (Å²) in [4.78, 5) is 2.61. The smallest absolute Gasteiger partial charge is 0.0244 e. The summed E-state index contributed by atoms with van der Waals surface area (Å²) in [6, 6.07) is 3.11. The van der Waals surface area contributed by atoms with Gasteiger partial charge in [0.25, 0.3) is 0 Å². The van der Waals surface area contributed by atoms with E-state index < -0.39 is 0 Å². The maximum Gasteiger partial charge on any atom is 0.0244 e. The Morgan fingerprint density at radius 2 is 2.36 bits per heavy atom. The summed E-state index contributed by atoms with van der Waals surface area (Å²) >= 11 is 6.07. The summed E-state index contributed by atoms with van der Waals surface area (Å²) < 4.78 is 0. The van der Waals surface area contributed by atoms with Crippen molar-refractivity contribution in [2.45, 2.75) is 31.8 Å². The monoisotopic (exact) mass is 227 g/mol. The molecular weight excluding hydrogens is 210 g/mol. The van der Waals surface area contributed by atoms with Crippen LogP contribution in [-0.4, -0.2) is 23.2 Å². The molecule has 1 aliphatic rings. The molecule has 1 heterocycles. The van der Waals surface area contributed by atoms with E-state index in [0.717, 1.165) is 18.3 Å². The number of hydrogen-bond acceptors (Lipinski definition) is 3. The second-order valence-electron chi connectivity index (χ2n) is 3.91. The van der Waals surface area contributed by atoms with E-state index in [2.05, 4.69) is 34.4 Å². The quantitative estimate of drug-likeness (QED) is 0.731. The van der Waals surface area contributed by atoms with Crippen LogP contribution in [0.4, 0.5) is 0 Å². The second kappa shape index (κ2) is 5.19. The van der Waals surface area contributed by atoms with Crippen LogP contribution in [0.3, 0.4) is 0 Å². The molecule has 0 saturated heterocycles. The van der Waals surface area contributed by atoms with Crippen molar-refractivity contribution < 1.29 is 0 Å². The summed E-state index contributed by atoms with van der Waals surface area (Å²) in [7, 11) is 0. The van der Waals surface area contributed by atoms with Crippen molar-refractivity contribution in [1.82, 2.24) is 4.90 Å². The standard InChI is InChI=1S/C11H17NS2/c13-6-1-5-12(11-2-3-11)8-10-4-7-14-9-10/h4,7,9,11,13H,1-3,5-6,8H2. The maximum atomic E-state index is 4.27. The predicted molar refractivity (Wildman–Crippen MR) is 66.2 cm³/mol. The molecule has 0 aliphatic heterocycles. The van der Waals surface area contributed by atoms with Crippen LogP contribution in [0, 0.1) is 0 Å². The van der Waals surface area contributed by atoms with Gasteiger partial charge in [-0.1, -0.05) is 0 Å². The van der Waals surface area contributed by atoms with Crippen LogP contribution in [0.5, 0.6) is 0 Å². The summed E-state index contributed by atoms with van der Waals surface area (Å²) in [5.41, 5.74) is 1.47. The molecule has 0 radical (unpaired) electrons. The summed E-state index contributed by atoms with van der Waals surface area (Å²) in [6.07, 6.45) is 4.01. The van der Waals surface area contributed by atoms with Crippen molar-refractivity contribution in [3.8, 4) is 0 Å². The van der Waals surface area contributed by atoms with Crippen molar-refractivity contribution in [3.05, 3.63) is 22.4 Å². The highest BCUT2D eigenvalue weighted by atomic mass is 32.1. The number of rotatable bonds is 6. The molecule has 1 fully saturated rings. The van der Waals surface area contributed by atoms with Crippen LogP contribution < -0.4 is 0 Å². The van der Waals surface area contributed by atoms with Gasteiger partial charge in [-0.05, 0) is 54.0 Å². The molecule has 78 valence electrons. The normalized spacial score (nSPS) is 16.4. The molecule has 1 aromatic rings. The minimum atomic E-state index is 0.870. The highest BCUT2D eigenvalue weighted by molar-refractivity contribution is 7.80. The van der Waals surface area contributed by atoms with E-state index >= 15 is 0 Å². The third-order valence-electron chi connectivity index (χ3n) is 2.63. The third kappa shape index (κ3) is 3.01. The first kappa shape index (κ1) is 10.5. The van der Waals surface area contributed by atoms with Gasteiger partial charge in [-0.15, -0.1) is 0 Å². The van der Waals surface area contributed by atoms with E-state index in [1.54, 1.807) is 11.3 Å². The van der Waals surface area contributed by atoms with Gasteiger partial charge in [0.15, 0.2) is 0 Å². The molecular formula is C11H17NS2. The van der Waals surface area contributed by atoms with Gasteiger partial charge >= 0.3 is 0 Å². The van der Waals surface area contributed by atoms with Crippen molar-refractivity contribution in [2.24, 2.45) is 0 Å². The summed E-state index contributed by atoms with van der Waals surface area (Å²) in [5.74, 6) is 1.01. The third-order valence-corrected chi connectivity index (χ3v) is 3.68. The lowest BCUT2D eigenvalue weighted by molar-refractivity contribution is 0.256. The van der Waals surface area contributed by atoms with Crippen molar-refractivity contribution in [1.29, 1.82) is 0 Å². The van der Waals surface area contributed by atoms with Gasteiger partial charge in [-0.2, -0.15) is 24.0 Å². The van der Waals surface area contributed by atoms with E-state index in [1.807, 2.05) is 0 Å². The molecule has 0 atom stereocenters. The fourth-order valence-electron chi connectivity index (χ4n) is 1.72. The minimum absolute atomic E-state index is 0.870. The Morgan fingerprint density at radius 1 is 1.50 bits per heavy atom. The molecule has 14 heavy (non-hydrogen) atoms. The molecule has 1 aromatic heterocycles. The molecule has 2 rings (SSSR count). The highest BCUT2D eigenvalue weighted by Gasteiger charge is 2.28. The van der Waals surface area contributed by atoms with Gasteiger partial charge in [0.1, 0.15) is 0 Å². The Kier molecular flexibility index (Phi) is 3.90. The van der Waals surface area contributed by atoms with Gasteiger partial charge in [0.2, 0.25) is 0 Å². The molecule has 1 saturated carbocycles. The van der Waals surface area contributed by atoms with Gasteiger partial charge in [0.05, 0.1) is 0 Å². The summed E-state index contributed by atoms with van der Waals surface area (Å²) in [5, 5.41) is 4.43. The molecule has 0 bridgehead atoms. The SMILES string of the molecule is SCCCN(Cc1ccsc1)C1CC1. The van der Waals surface area contributed by atoms with Crippen molar-refractivity contribution in [2.75, 3.05) is 12.3 Å². The lowest BCUT2D eigenvalue weighted by Crippen LogP contribution is -2.26. The van der Waals surface area contributed by atoms with E-state index in [0.29, 0.717) is 0 Å². The Labute approximate surface area is 95.5 Å². The lowest BCUT2D eigenvalue weighted by atomic mass is 10.3. The van der Waals surface area contributed by atoms with E-state index in [9.17, 15) is 0 Å². The first-order valence-corrected chi connectivity index (χ1v) is 6.83.